The quantitative estimate of drug-likeness (QED) is 0.889. The van der Waals surface area contributed by atoms with Crippen LogP contribution in [0.3, 0.4) is 0 Å². The summed E-state index contributed by atoms with van der Waals surface area (Å²) in [6.45, 7) is 1.99. The first-order chi connectivity index (χ1) is 10.6. The Kier molecular flexibility index (Phi) is 5.55. The van der Waals surface area contributed by atoms with Crippen LogP contribution in [0.1, 0.15) is 22.8 Å². The van der Waals surface area contributed by atoms with E-state index in [4.69, 9.17) is 11.6 Å². The van der Waals surface area contributed by atoms with Gasteiger partial charge in [-0.25, -0.2) is 0 Å². The molecule has 0 radical (unpaired) electrons. The van der Waals surface area contributed by atoms with Crippen LogP contribution in [-0.4, -0.2) is 18.4 Å². The standard InChI is InChI=1S/C17H17ClN2O2/c1-12(21)20-14-8-6-13(7-9-14)10-11-19-17(22)15-4-2-3-5-16(15)18/h2-9H,10-11H2,1H3,(H,19,22)(H,20,21). The molecule has 0 saturated heterocycles. The van der Waals surface area contributed by atoms with Crippen LogP contribution in [0.15, 0.2) is 48.5 Å². The van der Waals surface area contributed by atoms with Gasteiger partial charge < -0.3 is 10.6 Å². The lowest BCUT2D eigenvalue weighted by molar-refractivity contribution is -0.114. The summed E-state index contributed by atoms with van der Waals surface area (Å²) in [6.07, 6.45) is 0.705. The molecule has 0 bridgehead atoms. The monoisotopic (exact) mass is 316 g/mol. The summed E-state index contributed by atoms with van der Waals surface area (Å²) in [5.74, 6) is -0.278. The Morgan fingerprint density at radius 1 is 1.05 bits per heavy atom. The molecule has 114 valence electrons. The average Bonchev–Trinajstić information content (AvgIpc) is 2.49. The van der Waals surface area contributed by atoms with Gasteiger partial charge in [0.25, 0.3) is 5.91 Å². The van der Waals surface area contributed by atoms with Gasteiger partial charge in [-0.05, 0) is 36.2 Å². The zero-order chi connectivity index (χ0) is 15.9. The van der Waals surface area contributed by atoms with E-state index in [1.165, 1.54) is 6.92 Å². The molecule has 2 aromatic rings. The van der Waals surface area contributed by atoms with Gasteiger partial charge in [-0.3, -0.25) is 9.59 Å². The summed E-state index contributed by atoms with van der Waals surface area (Å²) < 4.78 is 0. The van der Waals surface area contributed by atoms with E-state index in [1.807, 2.05) is 24.3 Å². The number of halogens is 1. The molecule has 0 spiro atoms. The molecule has 0 saturated carbocycles. The zero-order valence-electron chi connectivity index (χ0n) is 12.2. The van der Waals surface area contributed by atoms with E-state index in [1.54, 1.807) is 24.3 Å². The number of amides is 2. The molecule has 0 aliphatic heterocycles. The first kappa shape index (κ1) is 16.0. The molecule has 22 heavy (non-hydrogen) atoms. The molecule has 2 rings (SSSR count). The van der Waals surface area contributed by atoms with Gasteiger partial charge in [0.2, 0.25) is 5.91 Å². The van der Waals surface area contributed by atoms with Crippen molar-refractivity contribution in [2.24, 2.45) is 0 Å². The molecule has 0 atom stereocenters. The third-order valence-corrected chi connectivity index (χ3v) is 3.42. The summed E-state index contributed by atoms with van der Waals surface area (Å²) in [5.41, 5.74) is 2.31. The third kappa shape index (κ3) is 4.60. The number of rotatable bonds is 5. The normalized spacial score (nSPS) is 10.1. The van der Waals surface area contributed by atoms with Gasteiger partial charge >= 0.3 is 0 Å². The van der Waals surface area contributed by atoms with Crippen molar-refractivity contribution < 1.29 is 9.59 Å². The van der Waals surface area contributed by atoms with Crippen molar-refractivity contribution >= 4 is 29.1 Å². The summed E-state index contributed by atoms with van der Waals surface area (Å²) in [7, 11) is 0. The second-order valence-corrected chi connectivity index (χ2v) is 5.27. The van der Waals surface area contributed by atoms with Crippen LogP contribution in [0, 0.1) is 0 Å². The van der Waals surface area contributed by atoms with E-state index < -0.39 is 0 Å². The molecule has 0 aliphatic carbocycles. The van der Waals surface area contributed by atoms with Crippen molar-refractivity contribution in [3.63, 3.8) is 0 Å². The van der Waals surface area contributed by atoms with Crippen molar-refractivity contribution in [1.29, 1.82) is 0 Å². The molecule has 0 unspecified atom stereocenters. The number of carbonyl (C=O) groups is 2. The van der Waals surface area contributed by atoms with Gasteiger partial charge in [0.15, 0.2) is 0 Å². The van der Waals surface area contributed by atoms with Gasteiger partial charge in [0.05, 0.1) is 10.6 Å². The molecule has 2 N–H and O–H groups in total. The Hall–Kier alpha value is -2.33. The van der Waals surface area contributed by atoms with Gasteiger partial charge in [0.1, 0.15) is 0 Å². The van der Waals surface area contributed by atoms with Crippen LogP contribution in [0.2, 0.25) is 5.02 Å². The minimum absolute atomic E-state index is 0.0975. The Morgan fingerprint density at radius 2 is 1.73 bits per heavy atom. The number of carbonyl (C=O) groups excluding carboxylic acids is 2. The lowest BCUT2D eigenvalue weighted by Crippen LogP contribution is -2.25. The van der Waals surface area contributed by atoms with E-state index in [-0.39, 0.29) is 11.8 Å². The highest BCUT2D eigenvalue weighted by Crippen LogP contribution is 2.14. The van der Waals surface area contributed by atoms with Crippen LogP contribution in [0.5, 0.6) is 0 Å². The Morgan fingerprint density at radius 3 is 2.36 bits per heavy atom. The number of nitrogens with one attached hydrogen (secondary N) is 2. The van der Waals surface area contributed by atoms with Gasteiger partial charge in [-0.2, -0.15) is 0 Å². The predicted octanol–water partition coefficient (Wildman–Crippen LogP) is 3.27. The van der Waals surface area contributed by atoms with Crippen LogP contribution >= 0.6 is 11.6 Å². The third-order valence-electron chi connectivity index (χ3n) is 3.09. The van der Waals surface area contributed by atoms with Crippen molar-refractivity contribution in [3.8, 4) is 0 Å². The topological polar surface area (TPSA) is 58.2 Å². The predicted molar refractivity (Wildman–Crippen MR) is 88.2 cm³/mol. The fraction of sp³-hybridized carbons (Fsp3) is 0.176. The number of hydrogen-bond acceptors (Lipinski definition) is 2. The molecule has 0 heterocycles. The van der Waals surface area contributed by atoms with Gasteiger partial charge in [-0.1, -0.05) is 35.9 Å². The highest BCUT2D eigenvalue weighted by atomic mass is 35.5. The lowest BCUT2D eigenvalue weighted by Gasteiger charge is -2.07. The minimum Gasteiger partial charge on any atom is -0.352 e. The number of benzene rings is 2. The van der Waals surface area contributed by atoms with Crippen molar-refractivity contribution in [3.05, 3.63) is 64.7 Å². The van der Waals surface area contributed by atoms with E-state index in [9.17, 15) is 9.59 Å². The maximum atomic E-state index is 12.0. The number of anilines is 1. The molecular formula is C17H17ClN2O2. The fourth-order valence-corrected chi connectivity index (χ4v) is 2.24. The second-order valence-electron chi connectivity index (χ2n) is 4.86. The summed E-state index contributed by atoms with van der Waals surface area (Å²) in [6, 6.07) is 14.5. The Bertz CT molecular complexity index is 669. The highest BCUT2D eigenvalue weighted by molar-refractivity contribution is 6.33. The fourth-order valence-electron chi connectivity index (χ4n) is 2.02. The summed E-state index contributed by atoms with van der Waals surface area (Å²) >= 11 is 5.98. The highest BCUT2D eigenvalue weighted by Gasteiger charge is 2.08. The molecule has 0 aliphatic rings. The molecule has 4 nitrogen and oxygen atoms in total. The SMILES string of the molecule is CC(=O)Nc1ccc(CCNC(=O)c2ccccc2Cl)cc1. The average molecular weight is 317 g/mol. The summed E-state index contributed by atoms with van der Waals surface area (Å²) in [4.78, 5) is 22.9. The molecule has 2 amide bonds. The van der Waals surface area contributed by atoms with Crippen LogP contribution < -0.4 is 10.6 Å². The van der Waals surface area contributed by atoms with Crippen LogP contribution in [-0.2, 0) is 11.2 Å². The Labute approximate surface area is 134 Å². The molecule has 2 aromatic carbocycles. The van der Waals surface area contributed by atoms with Gasteiger partial charge in [-0.15, -0.1) is 0 Å². The maximum Gasteiger partial charge on any atom is 0.252 e. The van der Waals surface area contributed by atoms with Crippen LogP contribution in [0.4, 0.5) is 5.69 Å². The lowest BCUT2D eigenvalue weighted by atomic mass is 10.1. The first-order valence-corrected chi connectivity index (χ1v) is 7.33. The largest absolute Gasteiger partial charge is 0.352 e. The molecule has 5 heteroatoms. The maximum absolute atomic E-state index is 12.0. The van der Waals surface area contributed by atoms with E-state index >= 15 is 0 Å². The first-order valence-electron chi connectivity index (χ1n) is 6.95. The van der Waals surface area contributed by atoms with Crippen molar-refractivity contribution in [2.45, 2.75) is 13.3 Å². The van der Waals surface area contributed by atoms with Crippen molar-refractivity contribution in [2.75, 3.05) is 11.9 Å². The van der Waals surface area contributed by atoms with E-state index in [2.05, 4.69) is 10.6 Å². The smallest absolute Gasteiger partial charge is 0.252 e. The summed E-state index contributed by atoms with van der Waals surface area (Å²) in [5, 5.41) is 6.00. The minimum atomic E-state index is -0.180. The molecule has 0 fully saturated rings. The van der Waals surface area contributed by atoms with E-state index in [0.29, 0.717) is 23.6 Å². The zero-order valence-corrected chi connectivity index (χ0v) is 13.0. The Balaban J connectivity index is 1.85. The molecular weight excluding hydrogens is 300 g/mol. The van der Waals surface area contributed by atoms with Crippen LogP contribution in [0.25, 0.3) is 0 Å². The van der Waals surface area contributed by atoms with Crippen molar-refractivity contribution in [1.82, 2.24) is 5.32 Å². The molecule has 0 aromatic heterocycles. The second kappa shape index (κ2) is 7.61. The van der Waals surface area contributed by atoms with E-state index in [0.717, 1.165) is 11.3 Å². The number of hydrogen-bond donors (Lipinski definition) is 2. The van der Waals surface area contributed by atoms with Gasteiger partial charge in [0, 0.05) is 19.2 Å².